The summed E-state index contributed by atoms with van der Waals surface area (Å²) in [6.07, 6.45) is 0.494. The van der Waals surface area contributed by atoms with Crippen LogP contribution in [0.25, 0.3) is 0 Å². The van der Waals surface area contributed by atoms with Gasteiger partial charge in [0.25, 0.3) is 11.5 Å². The number of rotatable bonds is 8. The zero-order valence-electron chi connectivity index (χ0n) is 16.8. The first-order valence-electron chi connectivity index (χ1n) is 9.45. The minimum atomic E-state index is -0.562. The highest BCUT2D eigenvalue weighted by Crippen LogP contribution is 2.19. The Labute approximate surface area is 164 Å². The van der Waals surface area contributed by atoms with Crippen molar-refractivity contribution in [3.63, 3.8) is 0 Å². The molecule has 7 heteroatoms. The fourth-order valence-corrected chi connectivity index (χ4v) is 2.70. The standard InChI is InChI=1S/C21H27N3O4/c1-5-12-24-19(25)11-10-17(23-24)21(27)22-18(13-20(26)28-14(2)3)16-8-6-15(4)7-9-16/h6-11,14,18H,5,12-13H2,1-4H3,(H,22,27). The summed E-state index contributed by atoms with van der Waals surface area (Å²) in [5, 5.41) is 6.97. The summed E-state index contributed by atoms with van der Waals surface area (Å²) in [5.74, 6) is -0.849. The minimum absolute atomic E-state index is 0.00157. The predicted octanol–water partition coefficient (Wildman–Crippen LogP) is 2.77. The largest absolute Gasteiger partial charge is 0.463 e. The number of aromatic nitrogens is 2. The molecule has 2 aromatic rings. The van der Waals surface area contributed by atoms with Gasteiger partial charge >= 0.3 is 5.97 Å². The fraction of sp³-hybridized carbons (Fsp3) is 0.429. The number of hydrogen-bond acceptors (Lipinski definition) is 5. The SMILES string of the molecule is CCCn1nc(C(=O)NC(CC(=O)OC(C)C)c2ccc(C)cc2)ccc1=O. The van der Waals surface area contributed by atoms with Gasteiger partial charge in [-0.15, -0.1) is 0 Å². The Morgan fingerprint density at radius 3 is 2.43 bits per heavy atom. The number of benzene rings is 1. The van der Waals surface area contributed by atoms with Gasteiger partial charge in [-0.25, -0.2) is 4.68 Å². The van der Waals surface area contributed by atoms with E-state index in [4.69, 9.17) is 4.74 Å². The molecule has 28 heavy (non-hydrogen) atoms. The summed E-state index contributed by atoms with van der Waals surface area (Å²) >= 11 is 0. The van der Waals surface area contributed by atoms with Gasteiger partial charge in [0.05, 0.1) is 18.6 Å². The highest BCUT2D eigenvalue weighted by atomic mass is 16.5. The molecule has 1 N–H and O–H groups in total. The predicted molar refractivity (Wildman–Crippen MR) is 106 cm³/mol. The van der Waals surface area contributed by atoms with Crippen molar-refractivity contribution in [3.05, 3.63) is 63.6 Å². The van der Waals surface area contributed by atoms with E-state index in [-0.39, 0.29) is 23.8 Å². The number of ether oxygens (including phenoxy) is 1. The van der Waals surface area contributed by atoms with E-state index in [2.05, 4.69) is 10.4 Å². The molecule has 0 radical (unpaired) electrons. The van der Waals surface area contributed by atoms with Gasteiger partial charge in [-0.1, -0.05) is 36.8 Å². The second-order valence-electron chi connectivity index (χ2n) is 6.96. The third-order valence-corrected chi connectivity index (χ3v) is 4.06. The first-order valence-corrected chi connectivity index (χ1v) is 9.45. The Bertz CT molecular complexity index is 872. The second kappa shape index (κ2) is 9.82. The van der Waals surface area contributed by atoms with Gasteiger partial charge in [0.2, 0.25) is 0 Å². The van der Waals surface area contributed by atoms with Gasteiger partial charge in [-0.05, 0) is 38.8 Å². The van der Waals surface area contributed by atoms with Crippen LogP contribution in [0.15, 0.2) is 41.2 Å². The van der Waals surface area contributed by atoms with Crippen molar-refractivity contribution in [1.29, 1.82) is 0 Å². The van der Waals surface area contributed by atoms with E-state index >= 15 is 0 Å². The molecule has 0 saturated carbocycles. The molecule has 1 atom stereocenters. The number of esters is 1. The summed E-state index contributed by atoms with van der Waals surface area (Å²) < 4.78 is 6.50. The molecule has 1 amide bonds. The van der Waals surface area contributed by atoms with E-state index in [1.165, 1.54) is 16.8 Å². The molecule has 1 heterocycles. The molecular formula is C21H27N3O4. The quantitative estimate of drug-likeness (QED) is 0.706. The summed E-state index contributed by atoms with van der Waals surface area (Å²) in [7, 11) is 0. The first-order chi connectivity index (χ1) is 13.3. The number of hydrogen-bond donors (Lipinski definition) is 1. The third kappa shape index (κ3) is 6.04. The molecule has 0 aliphatic rings. The van der Waals surface area contributed by atoms with Crippen LogP contribution in [0.2, 0.25) is 0 Å². The van der Waals surface area contributed by atoms with Gasteiger partial charge in [0.15, 0.2) is 0 Å². The number of amides is 1. The molecule has 1 aromatic heterocycles. The van der Waals surface area contributed by atoms with Crippen molar-refractivity contribution >= 4 is 11.9 Å². The van der Waals surface area contributed by atoms with E-state index in [0.717, 1.165) is 17.5 Å². The van der Waals surface area contributed by atoms with Gasteiger partial charge in [-0.3, -0.25) is 14.4 Å². The van der Waals surface area contributed by atoms with Crippen LogP contribution >= 0.6 is 0 Å². The normalized spacial score (nSPS) is 11.9. The molecule has 0 aliphatic heterocycles. The summed E-state index contributed by atoms with van der Waals surface area (Å²) in [6, 6.07) is 9.73. The first kappa shape index (κ1) is 21.3. The average Bonchev–Trinajstić information content (AvgIpc) is 2.63. The minimum Gasteiger partial charge on any atom is -0.463 e. The van der Waals surface area contributed by atoms with Crippen LogP contribution in [0.3, 0.4) is 0 Å². The zero-order valence-corrected chi connectivity index (χ0v) is 16.8. The Morgan fingerprint density at radius 1 is 1.14 bits per heavy atom. The molecule has 0 spiro atoms. The number of carbonyl (C=O) groups excluding carboxylic acids is 2. The Morgan fingerprint density at radius 2 is 1.82 bits per heavy atom. The van der Waals surface area contributed by atoms with Gasteiger partial charge in [-0.2, -0.15) is 5.10 Å². The van der Waals surface area contributed by atoms with Crippen LogP contribution in [-0.4, -0.2) is 27.8 Å². The zero-order chi connectivity index (χ0) is 20.7. The fourth-order valence-electron chi connectivity index (χ4n) is 2.70. The number of carbonyl (C=O) groups is 2. The molecule has 7 nitrogen and oxygen atoms in total. The van der Waals surface area contributed by atoms with E-state index in [0.29, 0.717) is 6.54 Å². The van der Waals surface area contributed by atoms with Crippen LogP contribution < -0.4 is 10.9 Å². The van der Waals surface area contributed by atoms with Crippen LogP contribution in [-0.2, 0) is 16.1 Å². The number of aryl methyl sites for hydroxylation is 2. The van der Waals surface area contributed by atoms with Gasteiger partial charge in [0.1, 0.15) is 5.69 Å². The molecule has 0 saturated heterocycles. The lowest BCUT2D eigenvalue weighted by molar-refractivity contribution is -0.147. The van der Waals surface area contributed by atoms with Crippen molar-refractivity contribution in [1.82, 2.24) is 15.1 Å². The van der Waals surface area contributed by atoms with Crippen molar-refractivity contribution in [2.24, 2.45) is 0 Å². The monoisotopic (exact) mass is 385 g/mol. The highest BCUT2D eigenvalue weighted by Gasteiger charge is 2.21. The lowest BCUT2D eigenvalue weighted by Gasteiger charge is -2.19. The summed E-state index contributed by atoms with van der Waals surface area (Å²) in [5.41, 5.74) is 1.74. The van der Waals surface area contributed by atoms with Crippen LogP contribution in [0.5, 0.6) is 0 Å². The van der Waals surface area contributed by atoms with E-state index in [1.807, 2.05) is 38.1 Å². The molecule has 2 rings (SSSR count). The smallest absolute Gasteiger partial charge is 0.308 e. The molecule has 0 fully saturated rings. The molecule has 1 unspecified atom stereocenters. The molecule has 150 valence electrons. The average molecular weight is 385 g/mol. The van der Waals surface area contributed by atoms with Crippen molar-refractivity contribution in [3.8, 4) is 0 Å². The second-order valence-corrected chi connectivity index (χ2v) is 6.96. The Hall–Kier alpha value is -2.96. The topological polar surface area (TPSA) is 90.3 Å². The summed E-state index contributed by atoms with van der Waals surface area (Å²) in [6.45, 7) is 7.87. The van der Waals surface area contributed by atoms with Crippen LogP contribution in [0, 0.1) is 6.92 Å². The van der Waals surface area contributed by atoms with Crippen molar-refractivity contribution < 1.29 is 14.3 Å². The molecular weight excluding hydrogens is 358 g/mol. The number of nitrogens with one attached hydrogen (secondary N) is 1. The van der Waals surface area contributed by atoms with E-state index < -0.39 is 17.9 Å². The summed E-state index contributed by atoms with van der Waals surface area (Å²) in [4.78, 5) is 36.7. The molecule has 0 aliphatic carbocycles. The highest BCUT2D eigenvalue weighted by molar-refractivity contribution is 5.92. The maximum atomic E-state index is 12.7. The lowest BCUT2D eigenvalue weighted by Crippen LogP contribution is -2.33. The van der Waals surface area contributed by atoms with E-state index in [9.17, 15) is 14.4 Å². The molecule has 1 aromatic carbocycles. The van der Waals surface area contributed by atoms with Crippen molar-refractivity contribution in [2.45, 2.75) is 59.2 Å². The van der Waals surface area contributed by atoms with Crippen molar-refractivity contribution in [2.75, 3.05) is 0 Å². The van der Waals surface area contributed by atoms with Gasteiger partial charge in [0, 0.05) is 12.6 Å². The lowest BCUT2D eigenvalue weighted by atomic mass is 10.0. The van der Waals surface area contributed by atoms with E-state index in [1.54, 1.807) is 13.8 Å². The number of nitrogens with zero attached hydrogens (tertiary/aromatic N) is 2. The Kier molecular flexibility index (Phi) is 7.49. The van der Waals surface area contributed by atoms with Gasteiger partial charge < -0.3 is 10.1 Å². The third-order valence-electron chi connectivity index (χ3n) is 4.06. The maximum absolute atomic E-state index is 12.7. The molecule has 0 bridgehead atoms. The Balaban J connectivity index is 2.24. The maximum Gasteiger partial charge on any atom is 0.308 e. The van der Waals surface area contributed by atoms with Crippen LogP contribution in [0.4, 0.5) is 0 Å². The van der Waals surface area contributed by atoms with Crippen LogP contribution in [0.1, 0.15) is 61.3 Å².